The van der Waals surface area contributed by atoms with E-state index in [4.69, 9.17) is 23.8 Å². The highest BCUT2D eigenvalue weighted by Gasteiger charge is 2.17. The van der Waals surface area contributed by atoms with E-state index < -0.39 is 5.91 Å². The molecule has 1 heterocycles. The Morgan fingerprint density at radius 3 is 2.41 bits per heavy atom. The molecular weight excluding hydrogens is 408 g/mol. The smallest absolute Gasteiger partial charge is 0.295 e. The number of hydrogen-bond donors (Lipinski definition) is 2. The molecule has 0 aliphatic rings. The van der Waals surface area contributed by atoms with Gasteiger partial charge in [-0.1, -0.05) is 41.9 Å². The lowest BCUT2D eigenvalue weighted by molar-refractivity contribution is -0.115. The molecule has 8 heteroatoms. The van der Waals surface area contributed by atoms with Crippen molar-refractivity contribution in [1.82, 2.24) is 14.7 Å². The van der Waals surface area contributed by atoms with Crippen LogP contribution in [0.5, 0.6) is 0 Å². The van der Waals surface area contributed by atoms with Crippen LogP contribution >= 0.6 is 23.8 Å². The summed E-state index contributed by atoms with van der Waals surface area (Å²) in [5, 5.41) is 6.05. The molecule has 0 fully saturated rings. The van der Waals surface area contributed by atoms with Crippen LogP contribution in [0.15, 0.2) is 65.5 Å². The Bertz CT molecular complexity index is 1130. The number of para-hydroxylation sites is 1. The monoisotopic (exact) mass is 426 g/mol. The van der Waals surface area contributed by atoms with Crippen LogP contribution in [0.3, 0.4) is 0 Å². The maximum Gasteiger partial charge on any atom is 0.295 e. The third-order valence-corrected chi connectivity index (χ3v) is 4.78. The van der Waals surface area contributed by atoms with E-state index >= 15 is 0 Å². The number of hydrogen-bond acceptors (Lipinski definition) is 3. The molecule has 0 saturated carbocycles. The van der Waals surface area contributed by atoms with Gasteiger partial charge in [-0.05, 0) is 55.0 Å². The van der Waals surface area contributed by atoms with Crippen LogP contribution in [0.25, 0.3) is 11.8 Å². The molecule has 1 aromatic heterocycles. The summed E-state index contributed by atoms with van der Waals surface area (Å²) in [5.74, 6) is -0.408. The minimum Gasteiger partial charge on any atom is -0.326 e. The SMILES string of the molecule is Cc1c(NC(=S)NC(=O)/C=C/c2ccc(Cl)cc2)c(=O)n(-c2ccccc2)n1C. The number of rotatable bonds is 4. The lowest BCUT2D eigenvalue weighted by Gasteiger charge is -2.07. The number of nitrogens with zero attached hydrogens (tertiary/aromatic N) is 2. The molecule has 0 bridgehead atoms. The van der Waals surface area contributed by atoms with Gasteiger partial charge in [0.2, 0.25) is 5.91 Å². The van der Waals surface area contributed by atoms with Gasteiger partial charge >= 0.3 is 0 Å². The molecule has 1 amide bonds. The number of amides is 1. The van der Waals surface area contributed by atoms with Gasteiger partial charge in [0.25, 0.3) is 5.56 Å². The summed E-state index contributed by atoms with van der Waals surface area (Å²) in [4.78, 5) is 25.0. The molecule has 29 heavy (non-hydrogen) atoms. The van der Waals surface area contributed by atoms with E-state index in [0.717, 1.165) is 11.3 Å². The van der Waals surface area contributed by atoms with Gasteiger partial charge in [-0.3, -0.25) is 19.6 Å². The highest BCUT2D eigenvalue weighted by Crippen LogP contribution is 2.14. The zero-order valence-electron chi connectivity index (χ0n) is 15.8. The Balaban J connectivity index is 1.72. The van der Waals surface area contributed by atoms with Gasteiger partial charge in [-0.25, -0.2) is 4.68 Å². The lowest BCUT2D eigenvalue weighted by atomic mass is 10.2. The fraction of sp³-hybridized carbons (Fsp3) is 0.0952. The summed E-state index contributed by atoms with van der Waals surface area (Å²) in [7, 11) is 1.78. The Kier molecular flexibility index (Phi) is 6.31. The van der Waals surface area contributed by atoms with Crippen LogP contribution in [-0.2, 0) is 11.8 Å². The summed E-state index contributed by atoms with van der Waals surface area (Å²) >= 11 is 11.0. The molecule has 0 saturated heterocycles. The van der Waals surface area contributed by atoms with Crippen molar-refractivity contribution in [3.63, 3.8) is 0 Å². The second kappa shape index (κ2) is 8.89. The summed E-state index contributed by atoms with van der Waals surface area (Å²) in [6.07, 6.45) is 3.00. The molecule has 148 valence electrons. The average molecular weight is 427 g/mol. The maximum absolute atomic E-state index is 12.9. The molecule has 6 nitrogen and oxygen atoms in total. The van der Waals surface area contributed by atoms with Crippen molar-refractivity contribution in [3.8, 4) is 5.69 Å². The number of carbonyl (C=O) groups is 1. The molecule has 0 atom stereocenters. The van der Waals surface area contributed by atoms with Gasteiger partial charge < -0.3 is 5.32 Å². The molecule has 2 N–H and O–H groups in total. The Labute approximate surface area is 178 Å². The average Bonchev–Trinajstić information content (AvgIpc) is 2.91. The molecule has 0 radical (unpaired) electrons. The predicted octanol–water partition coefficient (Wildman–Crippen LogP) is 3.66. The number of anilines is 1. The van der Waals surface area contributed by atoms with E-state index in [1.165, 1.54) is 10.8 Å². The molecule has 2 aromatic carbocycles. The molecule has 0 spiro atoms. The van der Waals surface area contributed by atoms with Gasteiger partial charge in [0, 0.05) is 18.1 Å². The Morgan fingerprint density at radius 1 is 1.10 bits per heavy atom. The normalized spacial score (nSPS) is 10.9. The largest absolute Gasteiger partial charge is 0.326 e. The van der Waals surface area contributed by atoms with Crippen molar-refractivity contribution in [2.75, 3.05) is 5.32 Å². The first-order valence-corrected chi connectivity index (χ1v) is 9.55. The van der Waals surface area contributed by atoms with Crippen LogP contribution in [0, 0.1) is 6.92 Å². The number of thiocarbonyl (C=S) groups is 1. The third-order valence-electron chi connectivity index (χ3n) is 4.33. The molecule has 0 unspecified atom stereocenters. The third kappa shape index (κ3) is 4.82. The van der Waals surface area contributed by atoms with E-state index in [-0.39, 0.29) is 10.7 Å². The van der Waals surface area contributed by atoms with E-state index in [9.17, 15) is 9.59 Å². The first-order valence-electron chi connectivity index (χ1n) is 8.76. The van der Waals surface area contributed by atoms with Crippen LogP contribution < -0.4 is 16.2 Å². The van der Waals surface area contributed by atoms with Gasteiger partial charge in [-0.2, -0.15) is 0 Å². The van der Waals surface area contributed by atoms with E-state index in [0.29, 0.717) is 16.4 Å². The first kappa shape index (κ1) is 20.6. The minimum atomic E-state index is -0.408. The topological polar surface area (TPSA) is 68.1 Å². The summed E-state index contributed by atoms with van der Waals surface area (Å²) < 4.78 is 3.26. The lowest BCUT2D eigenvalue weighted by Crippen LogP contribution is -2.34. The van der Waals surface area contributed by atoms with E-state index in [2.05, 4.69) is 10.6 Å². The zero-order valence-corrected chi connectivity index (χ0v) is 17.4. The summed E-state index contributed by atoms with van der Waals surface area (Å²) in [6.45, 7) is 1.80. The van der Waals surface area contributed by atoms with Crippen LogP contribution in [0.2, 0.25) is 5.02 Å². The van der Waals surface area contributed by atoms with Gasteiger partial charge in [-0.15, -0.1) is 0 Å². The number of benzene rings is 2. The molecule has 0 aliphatic heterocycles. The van der Waals surface area contributed by atoms with Crippen molar-refractivity contribution < 1.29 is 4.79 Å². The van der Waals surface area contributed by atoms with Crippen molar-refractivity contribution in [2.24, 2.45) is 7.05 Å². The zero-order chi connectivity index (χ0) is 21.0. The summed E-state index contributed by atoms with van der Waals surface area (Å²) in [6, 6.07) is 16.3. The van der Waals surface area contributed by atoms with E-state index in [1.807, 2.05) is 30.3 Å². The van der Waals surface area contributed by atoms with Crippen LogP contribution in [0.1, 0.15) is 11.3 Å². The van der Waals surface area contributed by atoms with Crippen molar-refractivity contribution in [3.05, 3.63) is 87.3 Å². The maximum atomic E-state index is 12.9. The van der Waals surface area contributed by atoms with Gasteiger partial charge in [0.05, 0.1) is 11.4 Å². The molecular formula is C21H19ClN4O2S. The van der Waals surface area contributed by atoms with Gasteiger partial charge in [0.1, 0.15) is 5.69 Å². The minimum absolute atomic E-state index is 0.0433. The molecule has 0 aliphatic carbocycles. The van der Waals surface area contributed by atoms with E-state index in [1.54, 1.807) is 49.0 Å². The number of aromatic nitrogens is 2. The van der Waals surface area contributed by atoms with Crippen LogP contribution in [-0.4, -0.2) is 20.4 Å². The number of nitrogens with one attached hydrogen (secondary N) is 2. The molecule has 3 aromatic rings. The highest BCUT2D eigenvalue weighted by molar-refractivity contribution is 7.80. The second-order valence-corrected chi connectivity index (χ2v) is 7.11. The highest BCUT2D eigenvalue weighted by atomic mass is 35.5. The van der Waals surface area contributed by atoms with Gasteiger partial charge in [0.15, 0.2) is 5.11 Å². The predicted molar refractivity (Wildman–Crippen MR) is 121 cm³/mol. The number of halogens is 1. The van der Waals surface area contributed by atoms with Crippen molar-refractivity contribution in [2.45, 2.75) is 6.92 Å². The Morgan fingerprint density at radius 2 is 1.76 bits per heavy atom. The second-order valence-electron chi connectivity index (χ2n) is 6.26. The first-order chi connectivity index (χ1) is 13.9. The van der Waals surface area contributed by atoms with Crippen molar-refractivity contribution >= 4 is 46.6 Å². The fourth-order valence-electron chi connectivity index (χ4n) is 2.76. The Hall–Kier alpha value is -3.16. The summed E-state index contributed by atoms with van der Waals surface area (Å²) in [5.41, 5.74) is 2.30. The van der Waals surface area contributed by atoms with Crippen molar-refractivity contribution in [1.29, 1.82) is 0 Å². The molecule has 3 rings (SSSR count). The quantitative estimate of drug-likeness (QED) is 0.493. The number of carbonyl (C=O) groups excluding carboxylic acids is 1. The van der Waals surface area contributed by atoms with Crippen LogP contribution in [0.4, 0.5) is 5.69 Å². The fourth-order valence-corrected chi connectivity index (χ4v) is 3.09. The standard InChI is InChI=1S/C21H19ClN4O2S/c1-14-19(20(28)26(25(14)2)17-6-4-3-5-7-17)24-21(29)23-18(27)13-10-15-8-11-16(22)12-9-15/h3-13H,1-2H3,(H2,23,24,27,29)/b13-10+.